The third-order valence-corrected chi connectivity index (χ3v) is 3.31. The molecule has 0 saturated heterocycles. The predicted octanol–water partition coefficient (Wildman–Crippen LogP) is 3.11. The van der Waals surface area contributed by atoms with Crippen LogP contribution in [0.3, 0.4) is 0 Å². The summed E-state index contributed by atoms with van der Waals surface area (Å²) in [6.07, 6.45) is -2.64. The first-order chi connectivity index (χ1) is 8.88. The number of nitrogens with one attached hydrogen (secondary N) is 1. The zero-order valence-corrected chi connectivity index (χ0v) is 10.4. The fourth-order valence-corrected chi connectivity index (χ4v) is 2.10. The van der Waals surface area contributed by atoms with Crippen LogP contribution in [0.4, 0.5) is 17.6 Å². The van der Waals surface area contributed by atoms with Gasteiger partial charge in [0.1, 0.15) is 5.82 Å². The third kappa shape index (κ3) is 3.67. The zero-order chi connectivity index (χ0) is 14.0. The van der Waals surface area contributed by atoms with Crippen molar-refractivity contribution in [2.24, 2.45) is 0 Å². The Hall–Kier alpha value is -1.14. The lowest BCUT2D eigenvalue weighted by Gasteiger charge is -2.34. The average molecular weight is 277 g/mol. The maximum atomic E-state index is 13.1. The summed E-state index contributed by atoms with van der Waals surface area (Å²) in [5, 5.41) is 3.09. The first-order valence-electron chi connectivity index (χ1n) is 6.01. The van der Waals surface area contributed by atoms with Crippen molar-refractivity contribution in [3.05, 3.63) is 35.1 Å². The van der Waals surface area contributed by atoms with Gasteiger partial charge in [-0.15, -0.1) is 0 Å². The fourth-order valence-electron chi connectivity index (χ4n) is 2.10. The standard InChI is InChI=1S/C13H15F4NO/c1-19-12-5-11(6-12)18-7-8-2-9(13(15,16)17)4-10(14)3-8/h2-4,11-12,18H,5-7H2,1H3. The highest BCUT2D eigenvalue weighted by molar-refractivity contribution is 5.26. The van der Waals surface area contributed by atoms with E-state index in [2.05, 4.69) is 5.32 Å². The molecule has 6 heteroatoms. The second-order valence-corrected chi connectivity index (χ2v) is 4.75. The Labute approximate surface area is 108 Å². The monoisotopic (exact) mass is 277 g/mol. The van der Waals surface area contributed by atoms with Crippen LogP contribution >= 0.6 is 0 Å². The molecular formula is C13H15F4NO. The Kier molecular flexibility index (Phi) is 4.10. The van der Waals surface area contributed by atoms with Gasteiger partial charge in [-0.2, -0.15) is 13.2 Å². The lowest BCUT2D eigenvalue weighted by atomic mass is 9.89. The molecule has 0 atom stereocenters. The van der Waals surface area contributed by atoms with Gasteiger partial charge in [-0.1, -0.05) is 0 Å². The molecule has 106 valence electrons. The Balaban J connectivity index is 1.95. The van der Waals surface area contributed by atoms with Crippen molar-refractivity contribution in [1.29, 1.82) is 0 Å². The summed E-state index contributed by atoms with van der Waals surface area (Å²) in [4.78, 5) is 0. The average Bonchev–Trinajstić information content (AvgIpc) is 2.25. The summed E-state index contributed by atoms with van der Waals surface area (Å²) in [7, 11) is 1.63. The second kappa shape index (κ2) is 5.46. The normalized spacial score (nSPS) is 23.2. The van der Waals surface area contributed by atoms with Crippen LogP contribution in [0, 0.1) is 5.82 Å². The van der Waals surface area contributed by atoms with E-state index in [9.17, 15) is 17.6 Å². The van der Waals surface area contributed by atoms with E-state index in [4.69, 9.17) is 4.74 Å². The molecular weight excluding hydrogens is 262 g/mol. The van der Waals surface area contributed by atoms with Gasteiger partial charge in [0.15, 0.2) is 0 Å². The molecule has 1 N–H and O–H groups in total. The fraction of sp³-hybridized carbons (Fsp3) is 0.538. The molecule has 0 spiro atoms. The smallest absolute Gasteiger partial charge is 0.381 e. The molecule has 1 aliphatic rings. The predicted molar refractivity (Wildman–Crippen MR) is 62.1 cm³/mol. The summed E-state index contributed by atoms with van der Waals surface area (Å²) in [5.74, 6) is -0.866. The van der Waals surface area contributed by atoms with Crippen LogP contribution in [0.2, 0.25) is 0 Å². The molecule has 1 aliphatic carbocycles. The van der Waals surface area contributed by atoms with Crippen molar-refractivity contribution in [2.75, 3.05) is 7.11 Å². The summed E-state index contributed by atoms with van der Waals surface area (Å²) in [6, 6.07) is 2.83. The number of benzene rings is 1. The second-order valence-electron chi connectivity index (χ2n) is 4.75. The largest absolute Gasteiger partial charge is 0.416 e. The van der Waals surface area contributed by atoms with Crippen LogP contribution in [-0.4, -0.2) is 19.3 Å². The van der Waals surface area contributed by atoms with Crippen molar-refractivity contribution in [2.45, 2.75) is 37.7 Å². The van der Waals surface area contributed by atoms with Gasteiger partial charge in [0.25, 0.3) is 0 Å². The Morgan fingerprint density at radius 1 is 1.26 bits per heavy atom. The van der Waals surface area contributed by atoms with Crippen LogP contribution in [0.1, 0.15) is 24.0 Å². The van der Waals surface area contributed by atoms with E-state index >= 15 is 0 Å². The molecule has 0 heterocycles. The highest BCUT2D eigenvalue weighted by atomic mass is 19.4. The van der Waals surface area contributed by atoms with Crippen molar-refractivity contribution >= 4 is 0 Å². The summed E-state index contributed by atoms with van der Waals surface area (Å²) < 4.78 is 55.8. The van der Waals surface area contributed by atoms with Crippen LogP contribution in [0.15, 0.2) is 18.2 Å². The van der Waals surface area contributed by atoms with Gasteiger partial charge in [-0.05, 0) is 36.6 Å². The summed E-state index contributed by atoms with van der Waals surface area (Å²) >= 11 is 0. The van der Waals surface area contributed by atoms with Crippen LogP contribution in [0.25, 0.3) is 0 Å². The number of hydrogen-bond donors (Lipinski definition) is 1. The molecule has 0 bridgehead atoms. The van der Waals surface area contributed by atoms with E-state index in [1.807, 2.05) is 0 Å². The highest BCUT2D eigenvalue weighted by Crippen LogP contribution is 2.30. The number of ether oxygens (including phenoxy) is 1. The van der Waals surface area contributed by atoms with Gasteiger partial charge in [-0.25, -0.2) is 4.39 Å². The summed E-state index contributed by atoms with van der Waals surface area (Å²) in [6.45, 7) is 0.224. The van der Waals surface area contributed by atoms with Gasteiger partial charge in [0.2, 0.25) is 0 Å². The van der Waals surface area contributed by atoms with E-state index < -0.39 is 17.6 Å². The molecule has 1 aromatic carbocycles. The molecule has 0 unspecified atom stereocenters. The number of rotatable bonds is 4. The van der Waals surface area contributed by atoms with Crippen LogP contribution in [0.5, 0.6) is 0 Å². The minimum Gasteiger partial charge on any atom is -0.381 e. The Morgan fingerprint density at radius 3 is 2.53 bits per heavy atom. The molecule has 0 aliphatic heterocycles. The van der Waals surface area contributed by atoms with Gasteiger partial charge in [0, 0.05) is 19.7 Å². The molecule has 2 rings (SSSR count). The quantitative estimate of drug-likeness (QED) is 0.854. The lowest BCUT2D eigenvalue weighted by Crippen LogP contribution is -2.44. The van der Waals surface area contributed by atoms with Gasteiger partial charge < -0.3 is 10.1 Å². The molecule has 0 aromatic heterocycles. The number of halogens is 4. The Morgan fingerprint density at radius 2 is 1.95 bits per heavy atom. The van der Waals surface area contributed by atoms with Crippen LogP contribution < -0.4 is 5.32 Å². The van der Waals surface area contributed by atoms with Gasteiger partial charge in [-0.3, -0.25) is 0 Å². The molecule has 0 radical (unpaired) electrons. The zero-order valence-electron chi connectivity index (χ0n) is 10.4. The van der Waals surface area contributed by atoms with Crippen molar-refractivity contribution in [3.8, 4) is 0 Å². The molecule has 1 aromatic rings. The van der Waals surface area contributed by atoms with E-state index in [0.717, 1.165) is 25.0 Å². The topological polar surface area (TPSA) is 21.3 Å². The van der Waals surface area contributed by atoms with E-state index in [0.29, 0.717) is 11.6 Å². The summed E-state index contributed by atoms with van der Waals surface area (Å²) in [5.41, 5.74) is -0.652. The molecule has 1 fully saturated rings. The van der Waals surface area contributed by atoms with Crippen molar-refractivity contribution < 1.29 is 22.3 Å². The molecule has 0 amide bonds. The first kappa shape index (κ1) is 14.3. The van der Waals surface area contributed by atoms with E-state index in [-0.39, 0.29) is 18.7 Å². The van der Waals surface area contributed by atoms with E-state index in [1.54, 1.807) is 7.11 Å². The maximum Gasteiger partial charge on any atom is 0.416 e. The maximum absolute atomic E-state index is 13.1. The number of methoxy groups -OCH3 is 1. The Bertz CT molecular complexity index is 441. The molecule has 19 heavy (non-hydrogen) atoms. The van der Waals surface area contributed by atoms with Crippen molar-refractivity contribution in [1.82, 2.24) is 5.32 Å². The van der Waals surface area contributed by atoms with Gasteiger partial charge >= 0.3 is 6.18 Å². The van der Waals surface area contributed by atoms with Gasteiger partial charge in [0.05, 0.1) is 11.7 Å². The SMILES string of the molecule is COC1CC(NCc2cc(F)cc(C(F)(F)F)c2)C1. The third-order valence-electron chi connectivity index (χ3n) is 3.31. The number of alkyl halides is 3. The minimum absolute atomic E-state index is 0.218. The molecule has 1 saturated carbocycles. The molecule has 2 nitrogen and oxygen atoms in total. The van der Waals surface area contributed by atoms with Crippen molar-refractivity contribution in [3.63, 3.8) is 0 Å². The minimum atomic E-state index is -4.52. The lowest BCUT2D eigenvalue weighted by molar-refractivity contribution is -0.137. The van der Waals surface area contributed by atoms with E-state index in [1.165, 1.54) is 0 Å². The van der Waals surface area contributed by atoms with Crippen LogP contribution in [-0.2, 0) is 17.5 Å². The number of hydrogen-bond acceptors (Lipinski definition) is 2. The highest BCUT2D eigenvalue weighted by Gasteiger charge is 2.32. The first-order valence-corrected chi connectivity index (χ1v) is 6.01.